The lowest BCUT2D eigenvalue weighted by molar-refractivity contribution is -0.118. The van der Waals surface area contributed by atoms with Crippen molar-refractivity contribution in [2.45, 2.75) is 18.7 Å². The van der Waals surface area contributed by atoms with Crippen molar-refractivity contribution in [3.8, 4) is 5.75 Å². The maximum atomic E-state index is 11.7. The van der Waals surface area contributed by atoms with Crippen LogP contribution in [-0.2, 0) is 9.53 Å². The molecule has 0 saturated heterocycles. The molecule has 5 heteroatoms. The lowest BCUT2D eigenvalue weighted by atomic mass is 10.3. The number of carbonyl (C=O) groups excluding carboxylic acids is 1. The average Bonchev–Trinajstić information content (AvgIpc) is 2.46. The highest BCUT2D eigenvalue weighted by atomic mass is 32.2. The minimum absolute atomic E-state index is 0.00723. The van der Waals surface area contributed by atoms with Gasteiger partial charge >= 0.3 is 0 Å². The smallest absolute Gasteiger partial charge is 0.230 e. The van der Waals surface area contributed by atoms with E-state index in [9.17, 15) is 4.79 Å². The van der Waals surface area contributed by atoms with Gasteiger partial charge in [-0.3, -0.25) is 4.79 Å². The maximum absolute atomic E-state index is 11.7. The maximum Gasteiger partial charge on any atom is 0.230 e. The number of rotatable bonds is 10. The molecule has 0 aliphatic heterocycles. The van der Waals surface area contributed by atoms with Crippen LogP contribution in [0.25, 0.3) is 0 Å². The standard InChI is InChI=1S/C16H23NO3S/c1-4-20-14-5-7-15(8-6-14)21-12-16(18)17-9-10-19-11-13(2)3/h5-8H,2,4,9-12H2,1,3H3,(H,17,18). The fraction of sp³-hybridized carbons (Fsp3) is 0.438. The summed E-state index contributed by atoms with van der Waals surface area (Å²) in [4.78, 5) is 12.7. The van der Waals surface area contributed by atoms with Crippen molar-refractivity contribution in [1.82, 2.24) is 5.32 Å². The normalized spacial score (nSPS) is 10.2. The van der Waals surface area contributed by atoms with Gasteiger partial charge in [-0.15, -0.1) is 11.8 Å². The highest BCUT2D eigenvalue weighted by Crippen LogP contribution is 2.21. The van der Waals surface area contributed by atoms with E-state index in [0.29, 0.717) is 32.1 Å². The topological polar surface area (TPSA) is 47.6 Å². The molecule has 1 aromatic rings. The van der Waals surface area contributed by atoms with Crippen LogP contribution in [0, 0.1) is 0 Å². The van der Waals surface area contributed by atoms with Crippen molar-refractivity contribution in [1.29, 1.82) is 0 Å². The molecule has 4 nitrogen and oxygen atoms in total. The summed E-state index contributed by atoms with van der Waals surface area (Å²) in [6.07, 6.45) is 0. The molecule has 0 saturated carbocycles. The van der Waals surface area contributed by atoms with Crippen molar-refractivity contribution >= 4 is 17.7 Å². The van der Waals surface area contributed by atoms with Crippen LogP contribution in [0.1, 0.15) is 13.8 Å². The third-order valence-electron chi connectivity index (χ3n) is 2.42. The summed E-state index contributed by atoms with van der Waals surface area (Å²) in [5.41, 5.74) is 0.979. The largest absolute Gasteiger partial charge is 0.494 e. The van der Waals surface area contributed by atoms with Crippen molar-refractivity contribution in [3.63, 3.8) is 0 Å². The number of thioether (sulfide) groups is 1. The van der Waals surface area contributed by atoms with E-state index in [2.05, 4.69) is 11.9 Å². The highest BCUT2D eigenvalue weighted by molar-refractivity contribution is 8.00. The third-order valence-corrected chi connectivity index (χ3v) is 3.43. The summed E-state index contributed by atoms with van der Waals surface area (Å²) in [5.74, 6) is 1.25. The van der Waals surface area contributed by atoms with Gasteiger partial charge in [-0.05, 0) is 38.1 Å². The Morgan fingerprint density at radius 1 is 1.33 bits per heavy atom. The van der Waals surface area contributed by atoms with Gasteiger partial charge in [0, 0.05) is 11.4 Å². The van der Waals surface area contributed by atoms with Gasteiger partial charge < -0.3 is 14.8 Å². The lowest BCUT2D eigenvalue weighted by Gasteiger charge is -2.07. The number of ether oxygens (including phenoxy) is 2. The zero-order valence-electron chi connectivity index (χ0n) is 12.7. The molecule has 1 aromatic carbocycles. The van der Waals surface area contributed by atoms with Crippen LogP contribution in [0.15, 0.2) is 41.3 Å². The summed E-state index contributed by atoms with van der Waals surface area (Å²) < 4.78 is 10.7. The Labute approximate surface area is 130 Å². The van der Waals surface area contributed by atoms with Crippen LogP contribution in [0.4, 0.5) is 0 Å². The van der Waals surface area contributed by atoms with E-state index in [1.165, 1.54) is 11.8 Å². The van der Waals surface area contributed by atoms with Gasteiger partial charge in [0.15, 0.2) is 0 Å². The summed E-state index contributed by atoms with van der Waals surface area (Å²) in [6.45, 7) is 9.83. The first-order valence-corrected chi connectivity index (χ1v) is 7.95. The zero-order chi connectivity index (χ0) is 15.5. The number of hydrogen-bond donors (Lipinski definition) is 1. The van der Waals surface area contributed by atoms with Crippen LogP contribution in [0.2, 0.25) is 0 Å². The van der Waals surface area contributed by atoms with Gasteiger partial charge in [-0.2, -0.15) is 0 Å². The average molecular weight is 309 g/mol. The van der Waals surface area contributed by atoms with Crippen molar-refractivity contribution in [2.75, 3.05) is 32.1 Å². The molecule has 0 heterocycles. The first-order valence-electron chi connectivity index (χ1n) is 6.96. The van der Waals surface area contributed by atoms with E-state index < -0.39 is 0 Å². The summed E-state index contributed by atoms with van der Waals surface area (Å²) in [7, 11) is 0. The Bertz CT molecular complexity index is 445. The molecule has 0 aliphatic carbocycles. The summed E-state index contributed by atoms with van der Waals surface area (Å²) >= 11 is 1.50. The predicted molar refractivity (Wildman–Crippen MR) is 87.0 cm³/mol. The van der Waals surface area contributed by atoms with E-state index in [0.717, 1.165) is 16.2 Å². The molecule has 116 valence electrons. The second kappa shape index (κ2) is 10.3. The molecule has 21 heavy (non-hydrogen) atoms. The van der Waals surface area contributed by atoms with Gasteiger partial charge in [-0.25, -0.2) is 0 Å². The Hall–Kier alpha value is -1.46. The van der Waals surface area contributed by atoms with E-state index in [4.69, 9.17) is 9.47 Å². The van der Waals surface area contributed by atoms with Gasteiger partial charge in [0.05, 0.1) is 25.6 Å². The molecular formula is C16H23NO3S. The van der Waals surface area contributed by atoms with Crippen LogP contribution >= 0.6 is 11.8 Å². The van der Waals surface area contributed by atoms with Crippen LogP contribution in [0.3, 0.4) is 0 Å². The fourth-order valence-corrected chi connectivity index (χ4v) is 2.24. The molecule has 0 unspecified atom stereocenters. The van der Waals surface area contributed by atoms with Crippen LogP contribution in [-0.4, -0.2) is 38.0 Å². The molecule has 0 radical (unpaired) electrons. The molecule has 0 bridgehead atoms. The predicted octanol–water partition coefficient (Wildman–Crippen LogP) is 2.89. The first kappa shape index (κ1) is 17.6. The van der Waals surface area contributed by atoms with E-state index in [1.54, 1.807) is 0 Å². The van der Waals surface area contributed by atoms with E-state index >= 15 is 0 Å². The fourth-order valence-electron chi connectivity index (χ4n) is 1.51. The van der Waals surface area contributed by atoms with Crippen molar-refractivity contribution < 1.29 is 14.3 Å². The molecule has 0 atom stereocenters. The molecule has 0 fully saturated rings. The van der Waals surface area contributed by atoms with Crippen molar-refractivity contribution in [3.05, 3.63) is 36.4 Å². The highest BCUT2D eigenvalue weighted by Gasteiger charge is 2.02. The Morgan fingerprint density at radius 3 is 2.67 bits per heavy atom. The van der Waals surface area contributed by atoms with Gasteiger partial charge in [0.1, 0.15) is 5.75 Å². The number of carbonyl (C=O) groups is 1. The molecule has 0 aromatic heterocycles. The second-order valence-electron chi connectivity index (χ2n) is 4.55. The van der Waals surface area contributed by atoms with Crippen LogP contribution in [0.5, 0.6) is 5.75 Å². The SMILES string of the molecule is C=C(C)COCCNC(=O)CSc1ccc(OCC)cc1. The van der Waals surface area contributed by atoms with Gasteiger partial charge in [0.2, 0.25) is 5.91 Å². The molecule has 0 aliphatic rings. The Kier molecular flexibility index (Phi) is 8.62. The summed E-state index contributed by atoms with van der Waals surface area (Å²) in [6, 6.07) is 7.74. The molecule has 1 amide bonds. The number of amides is 1. The lowest BCUT2D eigenvalue weighted by Crippen LogP contribution is -2.28. The molecule has 1 rings (SSSR count). The van der Waals surface area contributed by atoms with Crippen molar-refractivity contribution in [2.24, 2.45) is 0 Å². The Morgan fingerprint density at radius 2 is 2.05 bits per heavy atom. The molecule has 1 N–H and O–H groups in total. The number of benzene rings is 1. The minimum atomic E-state index is 0.00723. The second-order valence-corrected chi connectivity index (χ2v) is 5.60. The van der Waals surface area contributed by atoms with E-state index in [-0.39, 0.29) is 5.91 Å². The monoisotopic (exact) mass is 309 g/mol. The third kappa shape index (κ3) is 8.42. The molecule has 0 spiro atoms. The minimum Gasteiger partial charge on any atom is -0.494 e. The summed E-state index contributed by atoms with van der Waals surface area (Å²) in [5, 5.41) is 2.82. The number of nitrogens with one attached hydrogen (secondary N) is 1. The van der Waals surface area contributed by atoms with Gasteiger partial charge in [-0.1, -0.05) is 12.2 Å². The van der Waals surface area contributed by atoms with E-state index in [1.807, 2.05) is 38.1 Å². The number of hydrogen-bond acceptors (Lipinski definition) is 4. The zero-order valence-corrected chi connectivity index (χ0v) is 13.5. The molecular weight excluding hydrogens is 286 g/mol. The Balaban J connectivity index is 2.16. The van der Waals surface area contributed by atoms with Crippen LogP contribution < -0.4 is 10.1 Å². The quantitative estimate of drug-likeness (QED) is 0.410. The van der Waals surface area contributed by atoms with Gasteiger partial charge in [0.25, 0.3) is 0 Å². The first-order chi connectivity index (χ1) is 10.1.